The summed E-state index contributed by atoms with van der Waals surface area (Å²) in [6, 6.07) is 26.8. The van der Waals surface area contributed by atoms with Gasteiger partial charge in [0.1, 0.15) is 15.0 Å². The Morgan fingerprint density at radius 2 is 1.41 bits per heavy atom. The second-order valence-electron chi connectivity index (χ2n) is 6.96. The van der Waals surface area contributed by atoms with Gasteiger partial charge in [-0.1, -0.05) is 112 Å². The van der Waals surface area contributed by atoms with Gasteiger partial charge in [-0.2, -0.15) is 0 Å². The van der Waals surface area contributed by atoms with Gasteiger partial charge in [-0.3, -0.25) is 0 Å². The Morgan fingerprint density at radius 3 is 1.91 bits per heavy atom. The first-order valence-corrected chi connectivity index (χ1v) is 13.5. The zero-order valence-electron chi connectivity index (χ0n) is 17.9. The van der Waals surface area contributed by atoms with E-state index in [0.29, 0.717) is 5.69 Å². The quantitative estimate of drug-likeness (QED) is 0.221. The smallest absolute Gasteiger partial charge is 0.362 e. The first-order chi connectivity index (χ1) is 16.4. The molecule has 0 radical (unpaired) electrons. The van der Waals surface area contributed by atoms with Crippen LogP contribution in [0.4, 0.5) is 0 Å². The van der Waals surface area contributed by atoms with E-state index in [0.717, 1.165) is 26.0 Å². The zero-order valence-corrected chi connectivity index (χ0v) is 20.4. The average molecular weight is 510 g/mol. The predicted octanol–water partition coefficient (Wildman–Crippen LogP) is 4.22. The van der Waals surface area contributed by atoms with Crippen molar-refractivity contribution >= 4 is 38.9 Å². The van der Waals surface area contributed by atoms with E-state index >= 15 is 0 Å². The van der Waals surface area contributed by atoms with Gasteiger partial charge in [0.15, 0.2) is 0 Å². The van der Waals surface area contributed by atoms with Crippen LogP contribution in [-0.4, -0.2) is 29.3 Å². The van der Waals surface area contributed by atoms with E-state index in [1.54, 1.807) is 29.2 Å². The summed E-state index contributed by atoms with van der Waals surface area (Å²) in [5.41, 5.74) is 2.88. The lowest BCUT2D eigenvalue weighted by atomic mass is 10.2. The van der Waals surface area contributed by atoms with Gasteiger partial charge in [-0.15, -0.1) is 0 Å². The van der Waals surface area contributed by atoms with E-state index in [1.165, 1.54) is 24.3 Å². The molecule has 0 aliphatic carbocycles. The van der Waals surface area contributed by atoms with Crippen molar-refractivity contribution in [2.45, 2.75) is 9.24 Å². The van der Waals surface area contributed by atoms with E-state index in [2.05, 4.69) is 10.1 Å². The fourth-order valence-electron chi connectivity index (χ4n) is 3.16. The Hall–Kier alpha value is -3.31. The van der Waals surface area contributed by atoms with Crippen LogP contribution < -0.4 is 10.1 Å². The molecule has 10 heteroatoms. The molecule has 5 rings (SSSR count). The molecule has 0 fully saturated rings. The molecular formula is C24H19N3O4S3. The van der Waals surface area contributed by atoms with Crippen LogP contribution in [0.2, 0.25) is 0 Å². The molecule has 3 aromatic carbocycles. The van der Waals surface area contributed by atoms with Crippen LogP contribution in [0.25, 0.3) is 27.3 Å². The highest BCUT2D eigenvalue weighted by Gasteiger charge is 2.24. The second-order valence-corrected chi connectivity index (χ2v) is 10.4. The van der Waals surface area contributed by atoms with E-state index < -0.39 is 10.1 Å². The molecule has 172 valence electrons. The lowest BCUT2D eigenvalue weighted by Crippen LogP contribution is -2.33. The van der Waals surface area contributed by atoms with Crippen molar-refractivity contribution in [2.24, 2.45) is 0 Å². The maximum Gasteiger partial charge on any atom is 0.362 e. The number of fused-ring (bicyclic) bond motifs is 1. The summed E-state index contributed by atoms with van der Waals surface area (Å²) in [5.74, 6) is 0. The SMILES string of the molecule is CSc1sc(-c2ccccc2)c2[nH]c(=O)c(-c3ccccc3)n[n+]12.O=S(=O)([O-])c1ccccc1. The molecule has 0 saturated heterocycles. The Kier molecular flexibility index (Phi) is 7.23. The summed E-state index contributed by atoms with van der Waals surface area (Å²) in [5, 5.41) is 4.62. The normalized spacial score (nSPS) is 11.1. The molecule has 0 aliphatic rings. The molecule has 0 bridgehead atoms. The molecule has 0 unspecified atom stereocenters. The number of thioether (sulfide) groups is 1. The standard InChI is InChI=1S/C18H13N3OS2.C6H6O3S/c1-23-18-21-16(15(24-18)13-10-6-3-7-11-13)19-17(22)14(20-21)12-8-4-2-5-9-12;7-10(8,9)6-4-2-1-3-5-6/h2-11H,1H3;1-5H,(H,7,8,9). The molecule has 0 saturated carbocycles. The van der Waals surface area contributed by atoms with Crippen molar-refractivity contribution in [3.63, 3.8) is 0 Å². The van der Waals surface area contributed by atoms with Crippen molar-refractivity contribution < 1.29 is 17.5 Å². The molecule has 0 spiro atoms. The Balaban J connectivity index is 0.000000231. The van der Waals surface area contributed by atoms with E-state index in [1.807, 2.05) is 71.4 Å². The van der Waals surface area contributed by atoms with Crippen molar-refractivity contribution in [2.75, 3.05) is 6.26 Å². The molecule has 0 amide bonds. The number of hydrogen-bond acceptors (Lipinski definition) is 7. The van der Waals surface area contributed by atoms with Crippen LogP contribution in [0.1, 0.15) is 0 Å². The first kappa shape index (κ1) is 23.8. The van der Waals surface area contributed by atoms with E-state index in [9.17, 15) is 17.8 Å². The monoisotopic (exact) mass is 509 g/mol. The fraction of sp³-hybridized carbons (Fsp3) is 0.0417. The average Bonchev–Trinajstić information content (AvgIpc) is 3.22. The Bertz CT molecular complexity index is 1570. The van der Waals surface area contributed by atoms with Crippen molar-refractivity contribution in [3.8, 4) is 21.7 Å². The van der Waals surface area contributed by atoms with Crippen LogP contribution in [0.3, 0.4) is 0 Å². The van der Waals surface area contributed by atoms with Gasteiger partial charge >= 0.3 is 11.2 Å². The van der Waals surface area contributed by atoms with Crippen LogP contribution in [0, 0.1) is 0 Å². The van der Waals surface area contributed by atoms with E-state index in [-0.39, 0.29) is 10.5 Å². The zero-order chi connectivity index (χ0) is 24.1. The number of nitrogens with one attached hydrogen (secondary N) is 1. The first-order valence-electron chi connectivity index (χ1n) is 10.0. The molecule has 5 aromatic rings. The summed E-state index contributed by atoms with van der Waals surface area (Å²) in [6.07, 6.45) is 2.02. The number of H-pyrrole nitrogens is 1. The van der Waals surface area contributed by atoms with Gasteiger partial charge in [0.25, 0.3) is 0 Å². The third kappa shape index (κ3) is 5.26. The van der Waals surface area contributed by atoms with Crippen molar-refractivity contribution in [3.05, 3.63) is 101 Å². The van der Waals surface area contributed by atoms with Crippen LogP contribution >= 0.6 is 23.1 Å². The topological polar surface area (TPSA) is 107 Å². The van der Waals surface area contributed by atoms with Crippen molar-refractivity contribution in [1.29, 1.82) is 0 Å². The summed E-state index contributed by atoms with van der Waals surface area (Å²) in [4.78, 5) is 16.4. The number of nitrogens with zero attached hydrogens (tertiary/aromatic N) is 2. The third-order valence-electron chi connectivity index (χ3n) is 4.73. The van der Waals surface area contributed by atoms with Crippen LogP contribution in [0.15, 0.2) is 105 Å². The lowest BCUT2D eigenvalue weighted by molar-refractivity contribution is -0.614. The molecule has 2 aromatic heterocycles. The Morgan fingerprint density at radius 1 is 0.882 bits per heavy atom. The van der Waals surface area contributed by atoms with Crippen molar-refractivity contribution in [1.82, 2.24) is 10.1 Å². The number of rotatable bonds is 4. The summed E-state index contributed by atoms with van der Waals surface area (Å²) < 4.78 is 33.7. The fourth-order valence-corrected chi connectivity index (χ4v) is 5.42. The molecule has 0 aliphatic heterocycles. The maximum absolute atomic E-state index is 12.6. The molecule has 34 heavy (non-hydrogen) atoms. The molecular weight excluding hydrogens is 490 g/mol. The highest BCUT2D eigenvalue weighted by atomic mass is 32.2. The van der Waals surface area contributed by atoms with Gasteiger partial charge < -0.3 is 4.55 Å². The number of thiazole rings is 1. The van der Waals surface area contributed by atoms with Gasteiger partial charge in [0.05, 0.1) is 4.90 Å². The molecule has 2 heterocycles. The predicted molar refractivity (Wildman–Crippen MR) is 133 cm³/mol. The number of benzene rings is 3. The number of hydrogen-bond donors (Lipinski definition) is 1. The summed E-state index contributed by atoms with van der Waals surface area (Å²) >= 11 is 3.25. The maximum atomic E-state index is 12.6. The highest BCUT2D eigenvalue weighted by molar-refractivity contribution is 8.00. The minimum Gasteiger partial charge on any atom is -0.744 e. The van der Waals surface area contributed by atoms with Gasteiger partial charge in [0, 0.05) is 11.1 Å². The van der Waals surface area contributed by atoms with Gasteiger partial charge in [0.2, 0.25) is 10.0 Å². The largest absolute Gasteiger partial charge is 0.744 e. The van der Waals surface area contributed by atoms with E-state index in [4.69, 9.17) is 0 Å². The highest BCUT2D eigenvalue weighted by Crippen LogP contribution is 2.32. The van der Waals surface area contributed by atoms with Gasteiger partial charge in [-0.25, -0.2) is 18.2 Å². The molecule has 7 nitrogen and oxygen atoms in total. The second kappa shape index (κ2) is 10.3. The number of aromatic nitrogens is 3. The minimum atomic E-state index is -4.25. The lowest BCUT2D eigenvalue weighted by Gasteiger charge is -2.04. The third-order valence-corrected chi connectivity index (χ3v) is 7.83. The van der Waals surface area contributed by atoms with Crippen LogP contribution in [0.5, 0.6) is 0 Å². The molecule has 0 atom stereocenters. The number of aromatic amines is 1. The summed E-state index contributed by atoms with van der Waals surface area (Å²) in [7, 11) is -4.25. The minimum absolute atomic E-state index is 0.177. The Labute approximate surface area is 204 Å². The summed E-state index contributed by atoms with van der Waals surface area (Å²) in [6.45, 7) is 0. The molecule has 1 N–H and O–H groups in total. The van der Waals surface area contributed by atoms with Gasteiger partial charge in [-0.05, 0) is 18.4 Å². The van der Waals surface area contributed by atoms with Crippen LogP contribution in [-0.2, 0) is 10.1 Å².